The normalized spacial score (nSPS) is 29.2. The Labute approximate surface area is 141 Å². The van der Waals surface area contributed by atoms with Crippen LogP contribution in [0, 0.1) is 5.92 Å². The summed E-state index contributed by atoms with van der Waals surface area (Å²) in [5.41, 5.74) is 1.64. The fraction of sp³-hybridized carbons (Fsp3) is 0.588. The van der Waals surface area contributed by atoms with Crippen molar-refractivity contribution in [3.8, 4) is 11.4 Å². The summed E-state index contributed by atoms with van der Waals surface area (Å²) in [6, 6.07) is 8.54. The molecule has 0 saturated carbocycles. The molecular weight excluding hydrogens is 306 g/mol. The largest absolute Gasteiger partial charge is 0.389 e. The maximum Gasteiger partial charge on any atom is 0.204 e. The summed E-state index contributed by atoms with van der Waals surface area (Å²) in [5, 5.41) is 25.0. The number of aromatic nitrogens is 4. The predicted molar refractivity (Wildman–Crippen MR) is 88.1 cm³/mol. The number of hydrogen-bond acceptors (Lipinski definition) is 6. The Bertz CT molecular complexity index is 692. The molecule has 1 aromatic carbocycles. The second-order valence-electron chi connectivity index (χ2n) is 6.91. The zero-order valence-corrected chi connectivity index (χ0v) is 13.9. The van der Waals surface area contributed by atoms with Crippen molar-refractivity contribution in [3.05, 3.63) is 29.8 Å². The standard InChI is InChI=1S/C17H23N5O2/c1-12(13-3-2-4-14(9-13)16-18-20-21-19-16)22-7-5-17(23)6-8-24-11-15(17)10-22/h2-4,9,12,15,23H,5-8,10-11H2,1H3,(H,18,19,20,21)/t12?,15-,17-/m1/s1. The van der Waals surface area contributed by atoms with Crippen LogP contribution in [0.1, 0.15) is 31.4 Å². The van der Waals surface area contributed by atoms with Crippen molar-refractivity contribution in [1.29, 1.82) is 0 Å². The molecule has 7 nitrogen and oxygen atoms in total. The summed E-state index contributed by atoms with van der Waals surface area (Å²) in [5.74, 6) is 0.806. The van der Waals surface area contributed by atoms with Crippen molar-refractivity contribution in [2.75, 3.05) is 26.3 Å². The van der Waals surface area contributed by atoms with Gasteiger partial charge in [0, 0.05) is 37.2 Å². The number of tetrazole rings is 1. The summed E-state index contributed by atoms with van der Waals surface area (Å²) in [7, 11) is 0. The Morgan fingerprint density at radius 2 is 2.33 bits per heavy atom. The number of benzene rings is 1. The first-order valence-corrected chi connectivity index (χ1v) is 8.54. The van der Waals surface area contributed by atoms with Gasteiger partial charge < -0.3 is 9.84 Å². The molecule has 4 rings (SSSR count). The van der Waals surface area contributed by atoms with Gasteiger partial charge in [-0.05, 0) is 36.6 Å². The summed E-state index contributed by atoms with van der Waals surface area (Å²) in [4.78, 5) is 2.43. The molecule has 1 aromatic heterocycles. The minimum absolute atomic E-state index is 0.197. The quantitative estimate of drug-likeness (QED) is 0.885. The van der Waals surface area contributed by atoms with Crippen LogP contribution in [0.15, 0.2) is 24.3 Å². The van der Waals surface area contributed by atoms with E-state index in [2.05, 4.69) is 44.6 Å². The average Bonchev–Trinajstić information content (AvgIpc) is 3.15. The van der Waals surface area contributed by atoms with E-state index in [4.69, 9.17) is 4.74 Å². The molecule has 2 aliphatic heterocycles. The number of H-pyrrole nitrogens is 1. The maximum atomic E-state index is 10.8. The molecule has 2 aromatic rings. The molecule has 0 radical (unpaired) electrons. The average molecular weight is 329 g/mol. The Morgan fingerprint density at radius 3 is 3.17 bits per heavy atom. The van der Waals surface area contributed by atoms with E-state index in [1.54, 1.807) is 0 Å². The van der Waals surface area contributed by atoms with Gasteiger partial charge >= 0.3 is 0 Å². The molecule has 1 unspecified atom stereocenters. The molecule has 7 heteroatoms. The van der Waals surface area contributed by atoms with E-state index in [-0.39, 0.29) is 12.0 Å². The van der Waals surface area contributed by atoms with Gasteiger partial charge in [0.25, 0.3) is 0 Å². The molecule has 128 valence electrons. The molecule has 0 bridgehead atoms. The van der Waals surface area contributed by atoms with E-state index in [0.29, 0.717) is 19.0 Å². The molecule has 3 atom stereocenters. The van der Waals surface area contributed by atoms with E-state index >= 15 is 0 Å². The second-order valence-corrected chi connectivity index (χ2v) is 6.91. The van der Waals surface area contributed by atoms with Crippen LogP contribution in [-0.4, -0.2) is 62.5 Å². The lowest BCUT2D eigenvalue weighted by molar-refractivity contribution is -0.149. The molecule has 0 aliphatic carbocycles. The van der Waals surface area contributed by atoms with E-state index in [0.717, 1.165) is 31.5 Å². The Hall–Kier alpha value is -1.83. The van der Waals surface area contributed by atoms with Crippen LogP contribution in [0.25, 0.3) is 11.4 Å². The van der Waals surface area contributed by atoms with Gasteiger partial charge in [0.2, 0.25) is 5.82 Å². The fourth-order valence-electron chi connectivity index (χ4n) is 3.88. The zero-order chi connectivity index (χ0) is 16.6. The van der Waals surface area contributed by atoms with Gasteiger partial charge in [-0.25, -0.2) is 0 Å². The lowest BCUT2D eigenvalue weighted by Crippen LogP contribution is -2.56. The molecular formula is C17H23N5O2. The minimum Gasteiger partial charge on any atom is -0.389 e. The third kappa shape index (κ3) is 2.83. The van der Waals surface area contributed by atoms with Crippen LogP contribution in [0.3, 0.4) is 0 Å². The maximum absolute atomic E-state index is 10.8. The first kappa shape index (κ1) is 15.7. The summed E-state index contributed by atoms with van der Waals surface area (Å²) < 4.78 is 5.59. The minimum atomic E-state index is -0.541. The van der Waals surface area contributed by atoms with Crippen molar-refractivity contribution in [2.24, 2.45) is 5.92 Å². The topological polar surface area (TPSA) is 87.2 Å². The van der Waals surface area contributed by atoms with Crippen LogP contribution in [0.2, 0.25) is 0 Å². The highest BCUT2D eigenvalue weighted by Gasteiger charge is 2.44. The van der Waals surface area contributed by atoms with E-state index < -0.39 is 5.60 Å². The summed E-state index contributed by atoms with van der Waals surface area (Å²) >= 11 is 0. The van der Waals surface area contributed by atoms with Gasteiger partial charge in [0.1, 0.15) is 0 Å². The Kier molecular flexibility index (Phi) is 4.07. The van der Waals surface area contributed by atoms with Crippen LogP contribution in [0.4, 0.5) is 0 Å². The second kappa shape index (κ2) is 6.23. The number of rotatable bonds is 3. The van der Waals surface area contributed by atoms with Crippen LogP contribution in [-0.2, 0) is 4.74 Å². The first-order valence-electron chi connectivity index (χ1n) is 8.54. The Balaban J connectivity index is 1.52. The van der Waals surface area contributed by atoms with Crippen LogP contribution >= 0.6 is 0 Å². The van der Waals surface area contributed by atoms with E-state index in [1.807, 2.05) is 12.1 Å². The molecule has 24 heavy (non-hydrogen) atoms. The predicted octanol–water partition coefficient (Wildman–Crippen LogP) is 1.40. The van der Waals surface area contributed by atoms with Crippen molar-refractivity contribution in [2.45, 2.75) is 31.4 Å². The van der Waals surface area contributed by atoms with Gasteiger partial charge in [-0.15, -0.1) is 10.2 Å². The van der Waals surface area contributed by atoms with E-state index in [9.17, 15) is 5.11 Å². The molecule has 0 spiro atoms. The third-order valence-electron chi connectivity index (χ3n) is 5.57. The number of hydrogen-bond donors (Lipinski definition) is 2. The van der Waals surface area contributed by atoms with Crippen molar-refractivity contribution in [1.82, 2.24) is 25.5 Å². The Morgan fingerprint density at radius 1 is 1.42 bits per heavy atom. The number of nitrogens with one attached hydrogen (secondary N) is 1. The molecule has 2 saturated heterocycles. The number of piperidine rings is 1. The monoisotopic (exact) mass is 329 g/mol. The zero-order valence-electron chi connectivity index (χ0n) is 13.9. The highest BCUT2D eigenvalue weighted by molar-refractivity contribution is 5.55. The highest BCUT2D eigenvalue weighted by Crippen LogP contribution is 2.37. The van der Waals surface area contributed by atoms with Crippen molar-refractivity contribution in [3.63, 3.8) is 0 Å². The smallest absolute Gasteiger partial charge is 0.204 e. The molecule has 2 fully saturated rings. The van der Waals surface area contributed by atoms with Gasteiger partial charge in [0.05, 0.1) is 12.2 Å². The number of likely N-dealkylation sites (tertiary alicyclic amines) is 1. The van der Waals surface area contributed by atoms with E-state index in [1.165, 1.54) is 5.56 Å². The lowest BCUT2D eigenvalue weighted by Gasteiger charge is -2.48. The van der Waals surface area contributed by atoms with Crippen molar-refractivity contribution < 1.29 is 9.84 Å². The number of aliphatic hydroxyl groups is 1. The highest BCUT2D eigenvalue weighted by atomic mass is 16.5. The number of nitrogens with zero attached hydrogens (tertiary/aromatic N) is 4. The van der Waals surface area contributed by atoms with Gasteiger partial charge in [-0.3, -0.25) is 4.90 Å². The SMILES string of the molecule is CC(c1cccc(-c2nn[nH]n2)c1)N1CC[C@@]2(O)CCOC[C@H]2C1. The first-order chi connectivity index (χ1) is 11.7. The molecule has 2 N–H and O–H groups in total. The fourth-order valence-corrected chi connectivity index (χ4v) is 3.88. The van der Waals surface area contributed by atoms with Gasteiger partial charge in [0.15, 0.2) is 0 Å². The van der Waals surface area contributed by atoms with Gasteiger partial charge in [-0.1, -0.05) is 18.2 Å². The van der Waals surface area contributed by atoms with Crippen LogP contribution < -0.4 is 0 Å². The van der Waals surface area contributed by atoms with Crippen molar-refractivity contribution >= 4 is 0 Å². The lowest BCUT2D eigenvalue weighted by atomic mass is 9.77. The number of fused-ring (bicyclic) bond motifs is 1. The summed E-state index contributed by atoms with van der Waals surface area (Å²) in [6.45, 7) is 5.31. The van der Waals surface area contributed by atoms with Gasteiger partial charge in [-0.2, -0.15) is 5.21 Å². The number of ether oxygens (including phenoxy) is 1. The molecule has 3 heterocycles. The molecule has 0 amide bonds. The third-order valence-corrected chi connectivity index (χ3v) is 5.57. The van der Waals surface area contributed by atoms with Crippen LogP contribution in [0.5, 0.6) is 0 Å². The molecule has 2 aliphatic rings. The number of aromatic amines is 1. The summed E-state index contributed by atoms with van der Waals surface area (Å²) in [6.07, 6.45) is 1.57.